The Morgan fingerprint density at radius 3 is 2.52 bits per heavy atom. The molecule has 0 unspecified atom stereocenters. The molecule has 3 N–H and O–H groups in total. The van der Waals surface area contributed by atoms with Crippen molar-refractivity contribution in [2.24, 2.45) is 5.73 Å². The number of nitrogens with two attached hydrogens (primary N) is 1. The van der Waals surface area contributed by atoms with Crippen molar-refractivity contribution >= 4 is 5.91 Å². The average molecular weight is 316 g/mol. The second-order valence-corrected chi connectivity index (χ2v) is 5.24. The number of ether oxygens (including phenoxy) is 1. The summed E-state index contributed by atoms with van der Waals surface area (Å²) in [5.74, 6) is 0.145. The topological polar surface area (TPSA) is 64.4 Å². The van der Waals surface area contributed by atoms with Gasteiger partial charge >= 0.3 is 0 Å². The zero-order valence-electron chi connectivity index (χ0n) is 12.9. The largest absolute Gasteiger partial charge is 0.494 e. The first-order valence-electron chi connectivity index (χ1n) is 7.61. The first-order chi connectivity index (χ1) is 11.1. The molecule has 2 aromatic rings. The SMILES string of the molecule is N[C@@H](Cc1ccccc1)C(=O)NCCCOc1ccc(F)cc1. The van der Waals surface area contributed by atoms with Crippen LogP contribution in [0.4, 0.5) is 4.39 Å². The maximum atomic E-state index is 12.7. The predicted molar refractivity (Wildman–Crippen MR) is 87.6 cm³/mol. The molecular weight excluding hydrogens is 295 g/mol. The van der Waals surface area contributed by atoms with Gasteiger partial charge in [0, 0.05) is 6.54 Å². The van der Waals surface area contributed by atoms with Gasteiger partial charge in [-0.25, -0.2) is 4.39 Å². The highest BCUT2D eigenvalue weighted by molar-refractivity contribution is 5.81. The molecule has 0 aromatic heterocycles. The summed E-state index contributed by atoms with van der Waals surface area (Å²) in [6.45, 7) is 0.933. The number of hydrogen-bond donors (Lipinski definition) is 2. The number of benzene rings is 2. The second-order valence-electron chi connectivity index (χ2n) is 5.24. The summed E-state index contributed by atoms with van der Waals surface area (Å²) >= 11 is 0. The summed E-state index contributed by atoms with van der Waals surface area (Å²) in [6, 6.07) is 14.9. The molecule has 0 spiro atoms. The molecule has 2 rings (SSSR count). The van der Waals surface area contributed by atoms with Gasteiger partial charge in [0.15, 0.2) is 0 Å². The first kappa shape index (κ1) is 17.0. The van der Waals surface area contributed by atoms with Crippen LogP contribution in [-0.2, 0) is 11.2 Å². The van der Waals surface area contributed by atoms with Gasteiger partial charge in [0.25, 0.3) is 0 Å². The van der Waals surface area contributed by atoms with Crippen molar-refractivity contribution in [3.8, 4) is 5.75 Å². The highest BCUT2D eigenvalue weighted by Gasteiger charge is 2.13. The van der Waals surface area contributed by atoms with Gasteiger partial charge in [-0.1, -0.05) is 30.3 Å². The molecule has 5 heteroatoms. The van der Waals surface area contributed by atoms with Gasteiger partial charge in [0.1, 0.15) is 11.6 Å². The van der Waals surface area contributed by atoms with Gasteiger partial charge in [0.2, 0.25) is 5.91 Å². The normalized spacial score (nSPS) is 11.7. The fourth-order valence-electron chi connectivity index (χ4n) is 2.10. The van der Waals surface area contributed by atoms with E-state index in [4.69, 9.17) is 10.5 Å². The van der Waals surface area contributed by atoms with Crippen LogP contribution in [0.5, 0.6) is 5.75 Å². The molecule has 0 saturated heterocycles. The zero-order valence-corrected chi connectivity index (χ0v) is 12.9. The summed E-state index contributed by atoms with van der Waals surface area (Å²) in [4.78, 5) is 11.9. The molecule has 2 aromatic carbocycles. The lowest BCUT2D eigenvalue weighted by atomic mass is 10.1. The van der Waals surface area contributed by atoms with Crippen LogP contribution in [0.3, 0.4) is 0 Å². The van der Waals surface area contributed by atoms with E-state index in [0.717, 1.165) is 5.56 Å². The van der Waals surface area contributed by atoms with Gasteiger partial charge in [-0.3, -0.25) is 4.79 Å². The van der Waals surface area contributed by atoms with Crippen LogP contribution in [0, 0.1) is 5.82 Å². The lowest BCUT2D eigenvalue weighted by Gasteiger charge is -2.12. The van der Waals surface area contributed by atoms with Crippen molar-refractivity contribution < 1.29 is 13.9 Å². The van der Waals surface area contributed by atoms with E-state index in [1.54, 1.807) is 12.1 Å². The molecule has 122 valence electrons. The highest BCUT2D eigenvalue weighted by atomic mass is 19.1. The van der Waals surface area contributed by atoms with Crippen molar-refractivity contribution in [3.05, 3.63) is 66.0 Å². The Bertz CT molecular complexity index is 602. The Hall–Kier alpha value is -2.40. The van der Waals surface area contributed by atoms with Crippen molar-refractivity contribution in [1.29, 1.82) is 0 Å². The third-order valence-electron chi connectivity index (χ3n) is 3.34. The molecule has 0 saturated carbocycles. The van der Waals surface area contributed by atoms with E-state index in [9.17, 15) is 9.18 Å². The Balaban J connectivity index is 1.61. The lowest BCUT2D eigenvalue weighted by molar-refractivity contribution is -0.122. The van der Waals surface area contributed by atoms with Crippen molar-refractivity contribution in [1.82, 2.24) is 5.32 Å². The standard InChI is InChI=1S/C18H21FN2O2/c19-15-7-9-16(10-8-15)23-12-4-11-21-18(22)17(20)13-14-5-2-1-3-6-14/h1-3,5-10,17H,4,11-13,20H2,(H,21,22)/t17-/m0/s1. The van der Waals surface area contributed by atoms with Crippen molar-refractivity contribution in [2.45, 2.75) is 18.9 Å². The van der Waals surface area contributed by atoms with E-state index in [1.165, 1.54) is 12.1 Å². The number of carbonyl (C=O) groups is 1. The van der Waals surface area contributed by atoms with E-state index < -0.39 is 6.04 Å². The number of rotatable bonds is 8. The summed E-state index contributed by atoms with van der Waals surface area (Å²) < 4.78 is 18.2. The molecule has 0 aliphatic carbocycles. The van der Waals surface area contributed by atoms with Crippen LogP contribution in [-0.4, -0.2) is 25.1 Å². The summed E-state index contributed by atoms with van der Waals surface area (Å²) in [5, 5.41) is 2.79. The van der Waals surface area contributed by atoms with Crippen LogP contribution >= 0.6 is 0 Å². The molecule has 0 aliphatic rings. The van der Waals surface area contributed by atoms with E-state index in [-0.39, 0.29) is 11.7 Å². The van der Waals surface area contributed by atoms with Crippen LogP contribution < -0.4 is 15.8 Å². The van der Waals surface area contributed by atoms with Gasteiger partial charge in [-0.15, -0.1) is 0 Å². The summed E-state index contributed by atoms with van der Waals surface area (Å²) in [5.41, 5.74) is 6.93. The number of amides is 1. The Labute approximate surface area is 135 Å². The Morgan fingerprint density at radius 2 is 1.83 bits per heavy atom. The fraction of sp³-hybridized carbons (Fsp3) is 0.278. The summed E-state index contributed by atoms with van der Waals surface area (Å²) in [7, 11) is 0. The van der Waals surface area contributed by atoms with Crippen LogP contribution in [0.15, 0.2) is 54.6 Å². The van der Waals surface area contributed by atoms with Crippen LogP contribution in [0.25, 0.3) is 0 Å². The number of hydrogen-bond acceptors (Lipinski definition) is 3. The molecule has 1 atom stereocenters. The quantitative estimate of drug-likeness (QED) is 0.734. The number of halogens is 1. The maximum absolute atomic E-state index is 12.7. The van der Waals surface area contributed by atoms with E-state index >= 15 is 0 Å². The van der Waals surface area contributed by atoms with E-state index in [0.29, 0.717) is 31.7 Å². The average Bonchev–Trinajstić information content (AvgIpc) is 2.57. The molecule has 4 nitrogen and oxygen atoms in total. The van der Waals surface area contributed by atoms with Crippen LogP contribution in [0.1, 0.15) is 12.0 Å². The van der Waals surface area contributed by atoms with Gasteiger partial charge in [-0.2, -0.15) is 0 Å². The lowest BCUT2D eigenvalue weighted by Crippen LogP contribution is -2.42. The number of carbonyl (C=O) groups excluding carboxylic acids is 1. The summed E-state index contributed by atoms with van der Waals surface area (Å²) in [6.07, 6.45) is 1.17. The Morgan fingerprint density at radius 1 is 1.13 bits per heavy atom. The minimum absolute atomic E-state index is 0.171. The first-order valence-corrected chi connectivity index (χ1v) is 7.61. The number of nitrogens with one attached hydrogen (secondary N) is 1. The molecule has 0 fully saturated rings. The van der Waals surface area contributed by atoms with Crippen LogP contribution in [0.2, 0.25) is 0 Å². The van der Waals surface area contributed by atoms with Gasteiger partial charge in [-0.05, 0) is 42.7 Å². The smallest absolute Gasteiger partial charge is 0.237 e. The van der Waals surface area contributed by atoms with Gasteiger partial charge in [0.05, 0.1) is 12.6 Å². The Kier molecular flexibility index (Phi) is 6.56. The minimum atomic E-state index is -0.560. The molecule has 0 heterocycles. The van der Waals surface area contributed by atoms with E-state index in [1.807, 2.05) is 30.3 Å². The van der Waals surface area contributed by atoms with Crippen molar-refractivity contribution in [3.63, 3.8) is 0 Å². The third-order valence-corrected chi connectivity index (χ3v) is 3.34. The van der Waals surface area contributed by atoms with Crippen molar-refractivity contribution in [2.75, 3.05) is 13.2 Å². The molecule has 23 heavy (non-hydrogen) atoms. The second kappa shape index (κ2) is 8.90. The minimum Gasteiger partial charge on any atom is -0.494 e. The highest BCUT2D eigenvalue weighted by Crippen LogP contribution is 2.10. The third kappa shape index (κ3) is 6.08. The predicted octanol–water partition coefficient (Wildman–Crippen LogP) is 2.28. The molecular formula is C18H21FN2O2. The molecule has 0 bridgehead atoms. The molecule has 0 aliphatic heterocycles. The molecule has 1 amide bonds. The fourth-order valence-corrected chi connectivity index (χ4v) is 2.10. The van der Waals surface area contributed by atoms with E-state index in [2.05, 4.69) is 5.32 Å². The molecule has 0 radical (unpaired) electrons. The zero-order chi connectivity index (χ0) is 16.5. The maximum Gasteiger partial charge on any atom is 0.237 e. The van der Waals surface area contributed by atoms with Gasteiger partial charge < -0.3 is 15.8 Å². The monoisotopic (exact) mass is 316 g/mol.